The Labute approximate surface area is 128 Å². The largest absolute Gasteiger partial charge is 0.369 e. The normalized spacial score (nSPS) is 19.1. The summed E-state index contributed by atoms with van der Waals surface area (Å²) < 4.78 is 5.67. The number of carbonyl (C=O) groups excluding carboxylic acids is 1. The number of Topliss-reactive ketones (excluding diaryl/α,β-unsaturated/α-hetero) is 1. The summed E-state index contributed by atoms with van der Waals surface area (Å²) in [5, 5.41) is 0. The van der Waals surface area contributed by atoms with Crippen molar-refractivity contribution in [1.82, 2.24) is 0 Å². The Morgan fingerprint density at radius 2 is 1.86 bits per heavy atom. The van der Waals surface area contributed by atoms with E-state index in [0.717, 1.165) is 12.0 Å². The lowest BCUT2D eigenvalue weighted by atomic mass is 9.66. The fourth-order valence-corrected chi connectivity index (χ4v) is 3.45. The molecule has 0 amide bonds. The lowest BCUT2D eigenvalue weighted by Gasteiger charge is -2.38. The number of hydrogen-bond acceptors (Lipinski definition) is 2. The van der Waals surface area contributed by atoms with E-state index in [9.17, 15) is 4.79 Å². The monoisotopic (exact) mass is 288 g/mol. The molecule has 2 nitrogen and oxygen atoms in total. The average Bonchev–Trinajstić information content (AvgIpc) is 2.55. The predicted octanol–water partition coefficient (Wildman–Crippen LogP) is 4.77. The van der Waals surface area contributed by atoms with E-state index in [-0.39, 0.29) is 17.8 Å². The van der Waals surface area contributed by atoms with Gasteiger partial charge in [0.15, 0.2) is 5.78 Å². The fourth-order valence-electron chi connectivity index (χ4n) is 3.45. The third-order valence-electron chi connectivity index (χ3n) is 5.22. The molecule has 0 unspecified atom stereocenters. The van der Waals surface area contributed by atoms with Crippen LogP contribution in [0, 0.1) is 11.3 Å². The highest BCUT2D eigenvalue weighted by Gasteiger charge is 2.39. The van der Waals surface area contributed by atoms with Crippen molar-refractivity contribution in [2.45, 2.75) is 59.0 Å². The van der Waals surface area contributed by atoms with Crippen LogP contribution in [0.25, 0.3) is 0 Å². The lowest BCUT2D eigenvalue weighted by Crippen LogP contribution is -2.39. The number of benzene rings is 1. The number of ether oxygens (including phenoxy) is 1. The minimum absolute atomic E-state index is 0.197. The second-order valence-electron chi connectivity index (χ2n) is 6.51. The number of rotatable bonds is 7. The van der Waals surface area contributed by atoms with E-state index in [1.807, 2.05) is 30.3 Å². The van der Waals surface area contributed by atoms with Gasteiger partial charge in [-0.25, -0.2) is 0 Å². The van der Waals surface area contributed by atoms with Gasteiger partial charge in [0.25, 0.3) is 0 Å². The molecular weight excluding hydrogens is 260 g/mol. The standard InChI is InChI=1S/C19H28O2/c1-3-19(2,17-12-8-5-9-13-17)18(20)15-21-14-16-10-6-4-7-11-16/h4,6-7,10-11,17H,3,5,8-9,12-15H2,1-2H3/t19-/m0/s1. The third kappa shape index (κ3) is 4.16. The third-order valence-corrected chi connectivity index (χ3v) is 5.22. The van der Waals surface area contributed by atoms with Crippen LogP contribution < -0.4 is 0 Å². The maximum Gasteiger partial charge on any atom is 0.164 e. The molecule has 0 aliphatic heterocycles. The van der Waals surface area contributed by atoms with Crippen LogP contribution >= 0.6 is 0 Å². The van der Waals surface area contributed by atoms with Gasteiger partial charge in [0.1, 0.15) is 6.61 Å². The molecular formula is C19H28O2. The van der Waals surface area contributed by atoms with Gasteiger partial charge in [-0.3, -0.25) is 4.79 Å². The first-order valence-corrected chi connectivity index (χ1v) is 8.32. The van der Waals surface area contributed by atoms with Gasteiger partial charge in [0.2, 0.25) is 0 Å². The van der Waals surface area contributed by atoms with Gasteiger partial charge in [-0.05, 0) is 30.7 Å². The van der Waals surface area contributed by atoms with E-state index < -0.39 is 0 Å². The molecule has 1 atom stereocenters. The molecule has 1 aliphatic rings. The molecule has 1 aromatic carbocycles. The molecule has 0 radical (unpaired) electrons. The molecule has 0 spiro atoms. The van der Waals surface area contributed by atoms with E-state index >= 15 is 0 Å². The molecule has 0 bridgehead atoms. The van der Waals surface area contributed by atoms with Gasteiger partial charge in [0.05, 0.1) is 6.61 Å². The summed E-state index contributed by atoms with van der Waals surface area (Å²) in [6, 6.07) is 10.1. The SMILES string of the molecule is CC[C@](C)(C(=O)COCc1ccccc1)C1CCCCC1. The van der Waals surface area contributed by atoms with Crippen LogP contribution in [0.2, 0.25) is 0 Å². The second-order valence-corrected chi connectivity index (χ2v) is 6.51. The molecule has 1 saturated carbocycles. The Bertz CT molecular complexity index is 434. The van der Waals surface area contributed by atoms with Crippen molar-refractivity contribution < 1.29 is 9.53 Å². The summed E-state index contributed by atoms with van der Waals surface area (Å²) in [4.78, 5) is 12.7. The quantitative estimate of drug-likeness (QED) is 0.722. The number of carbonyl (C=O) groups is 1. The Hall–Kier alpha value is -1.15. The molecule has 0 saturated heterocycles. The molecule has 2 heteroatoms. The summed E-state index contributed by atoms with van der Waals surface area (Å²) in [5.41, 5.74) is 0.929. The zero-order valence-corrected chi connectivity index (χ0v) is 13.4. The Morgan fingerprint density at radius 1 is 1.19 bits per heavy atom. The van der Waals surface area contributed by atoms with Crippen LogP contribution in [-0.2, 0) is 16.1 Å². The van der Waals surface area contributed by atoms with Crippen LogP contribution in [0.15, 0.2) is 30.3 Å². The van der Waals surface area contributed by atoms with Crippen molar-refractivity contribution in [2.24, 2.45) is 11.3 Å². The Balaban J connectivity index is 1.87. The fraction of sp³-hybridized carbons (Fsp3) is 0.632. The summed E-state index contributed by atoms with van der Waals surface area (Å²) >= 11 is 0. The van der Waals surface area contributed by atoms with Gasteiger partial charge in [-0.2, -0.15) is 0 Å². The zero-order chi connectivity index (χ0) is 15.1. The van der Waals surface area contributed by atoms with Crippen molar-refractivity contribution in [2.75, 3.05) is 6.61 Å². The van der Waals surface area contributed by atoms with E-state index in [0.29, 0.717) is 12.5 Å². The van der Waals surface area contributed by atoms with Crippen LogP contribution in [0.5, 0.6) is 0 Å². The molecule has 0 heterocycles. The van der Waals surface area contributed by atoms with Crippen molar-refractivity contribution >= 4 is 5.78 Å². The highest BCUT2D eigenvalue weighted by molar-refractivity contribution is 5.85. The molecule has 0 N–H and O–H groups in total. The summed E-state index contributed by atoms with van der Waals surface area (Å²) in [5.74, 6) is 0.830. The molecule has 2 rings (SSSR count). The minimum atomic E-state index is -0.197. The first-order valence-electron chi connectivity index (χ1n) is 8.32. The van der Waals surface area contributed by atoms with Crippen LogP contribution in [0.1, 0.15) is 57.9 Å². The van der Waals surface area contributed by atoms with E-state index in [1.165, 1.54) is 32.1 Å². The van der Waals surface area contributed by atoms with Crippen LogP contribution in [0.3, 0.4) is 0 Å². The molecule has 116 valence electrons. The topological polar surface area (TPSA) is 26.3 Å². The molecule has 21 heavy (non-hydrogen) atoms. The maximum atomic E-state index is 12.7. The van der Waals surface area contributed by atoms with Crippen molar-refractivity contribution in [1.29, 1.82) is 0 Å². The van der Waals surface area contributed by atoms with Gasteiger partial charge < -0.3 is 4.74 Å². The van der Waals surface area contributed by atoms with E-state index in [2.05, 4.69) is 13.8 Å². The lowest BCUT2D eigenvalue weighted by molar-refractivity contribution is -0.137. The average molecular weight is 288 g/mol. The van der Waals surface area contributed by atoms with Crippen molar-refractivity contribution in [3.8, 4) is 0 Å². The van der Waals surface area contributed by atoms with Gasteiger partial charge in [-0.15, -0.1) is 0 Å². The second kappa shape index (κ2) is 7.74. The van der Waals surface area contributed by atoms with Gasteiger partial charge in [-0.1, -0.05) is 63.4 Å². The first kappa shape index (κ1) is 16.2. The molecule has 1 fully saturated rings. The zero-order valence-electron chi connectivity index (χ0n) is 13.4. The van der Waals surface area contributed by atoms with Crippen molar-refractivity contribution in [3.05, 3.63) is 35.9 Å². The van der Waals surface area contributed by atoms with Crippen LogP contribution in [0.4, 0.5) is 0 Å². The molecule has 0 aromatic heterocycles. The summed E-state index contributed by atoms with van der Waals surface area (Å²) in [7, 11) is 0. The summed E-state index contributed by atoms with van der Waals surface area (Å²) in [6.07, 6.45) is 7.21. The van der Waals surface area contributed by atoms with Gasteiger partial charge >= 0.3 is 0 Å². The van der Waals surface area contributed by atoms with Crippen LogP contribution in [-0.4, -0.2) is 12.4 Å². The first-order chi connectivity index (χ1) is 10.2. The predicted molar refractivity (Wildman–Crippen MR) is 86.1 cm³/mol. The molecule has 1 aliphatic carbocycles. The highest BCUT2D eigenvalue weighted by Crippen LogP contribution is 2.41. The number of hydrogen-bond donors (Lipinski definition) is 0. The maximum absolute atomic E-state index is 12.7. The Kier molecular flexibility index (Phi) is 5.98. The highest BCUT2D eigenvalue weighted by atomic mass is 16.5. The van der Waals surface area contributed by atoms with E-state index in [1.54, 1.807) is 0 Å². The number of ketones is 1. The van der Waals surface area contributed by atoms with E-state index in [4.69, 9.17) is 4.74 Å². The van der Waals surface area contributed by atoms with Crippen molar-refractivity contribution in [3.63, 3.8) is 0 Å². The molecule has 1 aromatic rings. The minimum Gasteiger partial charge on any atom is -0.369 e. The summed E-state index contributed by atoms with van der Waals surface area (Å²) in [6.45, 7) is 5.06. The Morgan fingerprint density at radius 3 is 2.48 bits per heavy atom. The smallest absolute Gasteiger partial charge is 0.164 e. The van der Waals surface area contributed by atoms with Gasteiger partial charge in [0, 0.05) is 5.41 Å².